The zero-order valence-electron chi connectivity index (χ0n) is 11.9. The normalized spacial score (nSPS) is 12.5. The third-order valence-electron chi connectivity index (χ3n) is 3.43. The maximum atomic E-state index is 6.00. The highest BCUT2D eigenvalue weighted by atomic mass is 35.5. The lowest BCUT2D eigenvalue weighted by Crippen LogP contribution is -2.30. The second kappa shape index (κ2) is 8.46. The number of thiophene rings is 1. The van der Waals surface area contributed by atoms with Crippen molar-refractivity contribution in [2.75, 3.05) is 6.54 Å². The number of hydrogen-bond donors (Lipinski definition) is 1. The summed E-state index contributed by atoms with van der Waals surface area (Å²) in [6.45, 7) is 3.20. The highest BCUT2D eigenvalue weighted by Crippen LogP contribution is 2.23. The first-order chi connectivity index (χ1) is 9.78. The molecule has 1 aromatic heterocycles. The Kier molecular flexibility index (Phi) is 6.58. The minimum Gasteiger partial charge on any atom is -0.314 e. The van der Waals surface area contributed by atoms with Gasteiger partial charge in [-0.3, -0.25) is 0 Å². The van der Waals surface area contributed by atoms with E-state index in [4.69, 9.17) is 11.6 Å². The van der Waals surface area contributed by atoms with Crippen LogP contribution in [-0.4, -0.2) is 12.6 Å². The summed E-state index contributed by atoms with van der Waals surface area (Å²) in [4.78, 5) is 1.38. The quantitative estimate of drug-likeness (QED) is 0.728. The Morgan fingerprint density at radius 1 is 1.15 bits per heavy atom. The molecule has 1 heterocycles. The van der Waals surface area contributed by atoms with Crippen LogP contribution < -0.4 is 5.32 Å². The molecule has 20 heavy (non-hydrogen) atoms. The van der Waals surface area contributed by atoms with Gasteiger partial charge in [0.15, 0.2) is 0 Å². The number of benzene rings is 1. The summed E-state index contributed by atoms with van der Waals surface area (Å²) in [5.41, 5.74) is 1.43. The first-order valence-corrected chi connectivity index (χ1v) is 8.49. The molecule has 0 radical (unpaired) electrons. The van der Waals surface area contributed by atoms with Gasteiger partial charge in [0.1, 0.15) is 0 Å². The molecule has 0 aliphatic carbocycles. The molecule has 1 atom stereocenters. The van der Waals surface area contributed by atoms with E-state index in [1.165, 1.54) is 23.3 Å². The standard InChI is InChI=1S/C17H22ClNS/c1-2-19-15(13-16-11-12-17(18)20-16)10-6-9-14-7-4-3-5-8-14/h3-5,7-8,11-12,15,19H,2,6,9-10,13H2,1H3. The van der Waals surface area contributed by atoms with Crippen LogP contribution >= 0.6 is 22.9 Å². The number of hydrogen-bond acceptors (Lipinski definition) is 2. The summed E-state index contributed by atoms with van der Waals surface area (Å²) in [5, 5.41) is 3.59. The monoisotopic (exact) mass is 307 g/mol. The van der Waals surface area contributed by atoms with Gasteiger partial charge in [-0.15, -0.1) is 11.3 Å². The largest absolute Gasteiger partial charge is 0.314 e. The maximum Gasteiger partial charge on any atom is 0.0931 e. The SMILES string of the molecule is CCNC(CCCc1ccccc1)Cc1ccc(Cl)s1. The topological polar surface area (TPSA) is 12.0 Å². The summed E-state index contributed by atoms with van der Waals surface area (Å²) in [5.74, 6) is 0. The van der Waals surface area contributed by atoms with Crippen LogP contribution in [0.3, 0.4) is 0 Å². The number of rotatable bonds is 8. The van der Waals surface area contributed by atoms with E-state index >= 15 is 0 Å². The number of likely N-dealkylation sites (N-methyl/N-ethyl adjacent to an activating group) is 1. The molecule has 0 spiro atoms. The van der Waals surface area contributed by atoms with Crippen molar-refractivity contribution in [3.05, 3.63) is 57.2 Å². The molecule has 0 bridgehead atoms. The molecule has 0 aliphatic heterocycles. The van der Waals surface area contributed by atoms with Gasteiger partial charge in [0.25, 0.3) is 0 Å². The molecule has 2 rings (SSSR count). The van der Waals surface area contributed by atoms with E-state index in [1.807, 2.05) is 6.07 Å². The average Bonchev–Trinajstić information content (AvgIpc) is 2.85. The lowest BCUT2D eigenvalue weighted by atomic mass is 10.0. The van der Waals surface area contributed by atoms with Crippen LogP contribution in [0.15, 0.2) is 42.5 Å². The smallest absolute Gasteiger partial charge is 0.0931 e. The molecule has 1 unspecified atom stereocenters. The predicted molar refractivity (Wildman–Crippen MR) is 89.9 cm³/mol. The van der Waals surface area contributed by atoms with E-state index in [1.54, 1.807) is 11.3 Å². The van der Waals surface area contributed by atoms with Crippen molar-refractivity contribution in [3.63, 3.8) is 0 Å². The first-order valence-electron chi connectivity index (χ1n) is 7.29. The Morgan fingerprint density at radius 2 is 1.95 bits per heavy atom. The Bertz CT molecular complexity index is 495. The van der Waals surface area contributed by atoms with Gasteiger partial charge in [0, 0.05) is 10.9 Å². The van der Waals surface area contributed by atoms with Crippen LogP contribution in [0.5, 0.6) is 0 Å². The van der Waals surface area contributed by atoms with Crippen LogP contribution in [0.25, 0.3) is 0 Å². The average molecular weight is 308 g/mol. The van der Waals surface area contributed by atoms with E-state index in [-0.39, 0.29) is 0 Å². The maximum absolute atomic E-state index is 6.00. The summed E-state index contributed by atoms with van der Waals surface area (Å²) in [6.07, 6.45) is 4.67. The molecule has 0 aliphatic rings. The fourth-order valence-corrected chi connectivity index (χ4v) is 3.63. The zero-order chi connectivity index (χ0) is 14.2. The number of nitrogens with one attached hydrogen (secondary N) is 1. The molecule has 2 aromatic rings. The van der Waals surface area contributed by atoms with E-state index in [2.05, 4.69) is 48.6 Å². The molecule has 0 saturated heterocycles. The van der Waals surface area contributed by atoms with Crippen molar-refractivity contribution >= 4 is 22.9 Å². The van der Waals surface area contributed by atoms with Crippen LogP contribution in [-0.2, 0) is 12.8 Å². The van der Waals surface area contributed by atoms with Gasteiger partial charge in [-0.1, -0.05) is 48.9 Å². The second-order valence-corrected chi connectivity index (χ2v) is 6.84. The van der Waals surface area contributed by atoms with Gasteiger partial charge in [0.2, 0.25) is 0 Å². The molecule has 0 fully saturated rings. The third-order valence-corrected chi connectivity index (χ3v) is 4.68. The number of aryl methyl sites for hydroxylation is 1. The zero-order valence-corrected chi connectivity index (χ0v) is 13.5. The minimum absolute atomic E-state index is 0.554. The fraction of sp³-hybridized carbons (Fsp3) is 0.412. The highest BCUT2D eigenvalue weighted by Gasteiger charge is 2.10. The summed E-state index contributed by atoms with van der Waals surface area (Å²) in [7, 11) is 0. The predicted octanol–water partition coefficient (Wildman–Crippen LogP) is 4.95. The van der Waals surface area contributed by atoms with Crippen LogP contribution in [0.1, 0.15) is 30.2 Å². The fourth-order valence-electron chi connectivity index (χ4n) is 2.47. The summed E-state index contributed by atoms with van der Waals surface area (Å²) in [6, 6.07) is 15.4. The minimum atomic E-state index is 0.554. The van der Waals surface area contributed by atoms with Crippen molar-refractivity contribution in [1.82, 2.24) is 5.32 Å². The molecule has 0 amide bonds. The Labute approximate surface area is 131 Å². The third kappa shape index (κ3) is 5.28. The lowest BCUT2D eigenvalue weighted by Gasteiger charge is -2.17. The van der Waals surface area contributed by atoms with Crippen LogP contribution in [0, 0.1) is 0 Å². The van der Waals surface area contributed by atoms with Gasteiger partial charge >= 0.3 is 0 Å². The summed E-state index contributed by atoms with van der Waals surface area (Å²) >= 11 is 7.70. The van der Waals surface area contributed by atoms with Gasteiger partial charge in [0.05, 0.1) is 4.34 Å². The van der Waals surface area contributed by atoms with Crippen LogP contribution in [0.2, 0.25) is 4.34 Å². The Balaban J connectivity index is 1.80. The van der Waals surface area contributed by atoms with Crippen LogP contribution in [0.4, 0.5) is 0 Å². The lowest BCUT2D eigenvalue weighted by molar-refractivity contribution is 0.479. The first kappa shape index (κ1) is 15.6. The van der Waals surface area contributed by atoms with Crippen molar-refractivity contribution in [3.8, 4) is 0 Å². The van der Waals surface area contributed by atoms with E-state index in [0.29, 0.717) is 6.04 Å². The Morgan fingerprint density at radius 3 is 2.60 bits per heavy atom. The number of halogens is 1. The molecule has 108 valence electrons. The molecular formula is C17H22ClNS. The van der Waals surface area contributed by atoms with Crippen molar-refractivity contribution in [1.29, 1.82) is 0 Å². The van der Waals surface area contributed by atoms with Gasteiger partial charge < -0.3 is 5.32 Å². The molecular weight excluding hydrogens is 286 g/mol. The molecule has 3 heteroatoms. The van der Waals surface area contributed by atoms with E-state index in [0.717, 1.165) is 23.7 Å². The molecule has 1 nitrogen and oxygen atoms in total. The van der Waals surface area contributed by atoms with Crippen molar-refractivity contribution < 1.29 is 0 Å². The molecule has 0 saturated carbocycles. The van der Waals surface area contributed by atoms with Crippen molar-refractivity contribution in [2.45, 2.75) is 38.6 Å². The Hall–Kier alpha value is -0.830. The molecule has 1 aromatic carbocycles. The van der Waals surface area contributed by atoms with Gasteiger partial charge in [-0.2, -0.15) is 0 Å². The highest BCUT2D eigenvalue weighted by molar-refractivity contribution is 7.16. The van der Waals surface area contributed by atoms with Crippen molar-refractivity contribution in [2.24, 2.45) is 0 Å². The molecule has 1 N–H and O–H groups in total. The van der Waals surface area contributed by atoms with E-state index < -0.39 is 0 Å². The van der Waals surface area contributed by atoms with Gasteiger partial charge in [-0.25, -0.2) is 0 Å². The van der Waals surface area contributed by atoms with Gasteiger partial charge in [-0.05, 0) is 49.9 Å². The summed E-state index contributed by atoms with van der Waals surface area (Å²) < 4.78 is 0.888. The van der Waals surface area contributed by atoms with E-state index in [9.17, 15) is 0 Å². The second-order valence-electron chi connectivity index (χ2n) is 5.04.